The average molecular weight is 302 g/mol. The van der Waals surface area contributed by atoms with E-state index in [4.69, 9.17) is 0 Å². The van der Waals surface area contributed by atoms with Crippen molar-refractivity contribution < 1.29 is 4.79 Å². The molecule has 5 nitrogen and oxygen atoms in total. The maximum atomic E-state index is 12.2. The van der Waals surface area contributed by atoms with Gasteiger partial charge in [0.2, 0.25) is 5.91 Å². The SMILES string of the molecule is Cc1nc2c(c(NC3CC(=O)N(C(C)(C)C)C3)n1)CCCC2. The first-order chi connectivity index (χ1) is 10.3. The number of nitrogens with zero attached hydrogens (tertiary/aromatic N) is 3. The second-order valence-corrected chi connectivity index (χ2v) is 7.47. The highest BCUT2D eigenvalue weighted by molar-refractivity contribution is 5.80. The van der Waals surface area contributed by atoms with Gasteiger partial charge in [-0.15, -0.1) is 0 Å². The normalized spacial score (nSPS) is 21.9. The minimum Gasteiger partial charge on any atom is -0.365 e. The van der Waals surface area contributed by atoms with E-state index in [0.29, 0.717) is 6.42 Å². The van der Waals surface area contributed by atoms with Crippen molar-refractivity contribution in [3.8, 4) is 0 Å². The Morgan fingerprint density at radius 2 is 1.91 bits per heavy atom. The van der Waals surface area contributed by atoms with E-state index < -0.39 is 0 Å². The summed E-state index contributed by atoms with van der Waals surface area (Å²) in [5.74, 6) is 2.00. The van der Waals surface area contributed by atoms with E-state index in [9.17, 15) is 4.79 Å². The highest BCUT2D eigenvalue weighted by atomic mass is 16.2. The fourth-order valence-electron chi connectivity index (χ4n) is 3.48. The van der Waals surface area contributed by atoms with Crippen LogP contribution in [0.5, 0.6) is 0 Å². The van der Waals surface area contributed by atoms with Gasteiger partial charge in [0.1, 0.15) is 11.6 Å². The zero-order chi connectivity index (χ0) is 15.9. The highest BCUT2D eigenvalue weighted by Crippen LogP contribution is 2.28. The van der Waals surface area contributed by atoms with E-state index in [1.807, 2.05) is 11.8 Å². The molecule has 1 atom stereocenters. The molecule has 1 aliphatic heterocycles. The van der Waals surface area contributed by atoms with E-state index >= 15 is 0 Å². The standard InChI is InChI=1S/C17H26N4O/c1-11-18-14-8-6-5-7-13(14)16(19-11)20-12-9-15(22)21(10-12)17(2,3)4/h12H,5-10H2,1-4H3,(H,18,19,20). The smallest absolute Gasteiger partial charge is 0.225 e. The zero-order valence-electron chi connectivity index (χ0n) is 14.1. The van der Waals surface area contributed by atoms with E-state index in [-0.39, 0.29) is 17.5 Å². The van der Waals surface area contributed by atoms with Crippen molar-refractivity contribution in [1.82, 2.24) is 14.9 Å². The molecule has 120 valence electrons. The molecular formula is C17H26N4O. The summed E-state index contributed by atoms with van der Waals surface area (Å²) < 4.78 is 0. The lowest BCUT2D eigenvalue weighted by Gasteiger charge is -2.32. The molecule has 2 heterocycles. The van der Waals surface area contributed by atoms with Gasteiger partial charge in [0.05, 0.1) is 6.04 Å². The minimum absolute atomic E-state index is 0.117. The molecule has 1 aliphatic carbocycles. The maximum absolute atomic E-state index is 12.2. The molecule has 1 unspecified atom stereocenters. The summed E-state index contributed by atoms with van der Waals surface area (Å²) >= 11 is 0. The number of nitrogens with one attached hydrogen (secondary N) is 1. The highest BCUT2D eigenvalue weighted by Gasteiger charge is 2.36. The van der Waals surface area contributed by atoms with Crippen LogP contribution in [0.3, 0.4) is 0 Å². The molecule has 1 saturated heterocycles. The molecule has 1 fully saturated rings. The summed E-state index contributed by atoms with van der Waals surface area (Å²) in [5, 5.41) is 3.53. The summed E-state index contributed by atoms with van der Waals surface area (Å²) in [4.78, 5) is 23.4. The maximum Gasteiger partial charge on any atom is 0.225 e. The Morgan fingerprint density at radius 1 is 1.18 bits per heavy atom. The number of carbonyl (C=O) groups excluding carboxylic acids is 1. The lowest BCUT2D eigenvalue weighted by molar-refractivity contribution is -0.131. The predicted octanol–water partition coefficient (Wildman–Crippen LogP) is 2.48. The van der Waals surface area contributed by atoms with Crippen LogP contribution in [0.2, 0.25) is 0 Å². The largest absolute Gasteiger partial charge is 0.365 e. The summed E-state index contributed by atoms with van der Waals surface area (Å²) in [6, 6.07) is 0.145. The van der Waals surface area contributed by atoms with Crippen LogP contribution >= 0.6 is 0 Å². The molecule has 0 aromatic carbocycles. The number of amides is 1. The molecular weight excluding hydrogens is 276 g/mol. The number of hydrogen-bond acceptors (Lipinski definition) is 4. The van der Waals surface area contributed by atoms with Crippen LogP contribution in [0.4, 0.5) is 5.82 Å². The van der Waals surface area contributed by atoms with Gasteiger partial charge in [-0.2, -0.15) is 0 Å². The Labute approximate surface area is 132 Å². The summed E-state index contributed by atoms with van der Waals surface area (Å²) in [7, 11) is 0. The minimum atomic E-state index is -0.117. The quantitative estimate of drug-likeness (QED) is 0.912. The van der Waals surface area contributed by atoms with E-state index in [2.05, 4.69) is 36.1 Å². The van der Waals surface area contributed by atoms with Crippen molar-refractivity contribution in [3.63, 3.8) is 0 Å². The first kappa shape index (κ1) is 15.3. The van der Waals surface area contributed by atoms with E-state index in [1.54, 1.807) is 0 Å². The van der Waals surface area contributed by atoms with Gasteiger partial charge in [-0.05, 0) is 53.4 Å². The Bertz CT molecular complexity index is 591. The Balaban J connectivity index is 1.80. The topological polar surface area (TPSA) is 58.1 Å². The second-order valence-electron chi connectivity index (χ2n) is 7.47. The molecule has 22 heavy (non-hydrogen) atoms. The van der Waals surface area contributed by atoms with Crippen molar-refractivity contribution in [1.29, 1.82) is 0 Å². The van der Waals surface area contributed by atoms with Gasteiger partial charge < -0.3 is 10.2 Å². The second kappa shape index (κ2) is 5.52. The molecule has 1 aromatic rings. The molecule has 0 radical (unpaired) electrons. The first-order valence-electron chi connectivity index (χ1n) is 8.28. The molecule has 0 bridgehead atoms. The molecule has 1 amide bonds. The van der Waals surface area contributed by atoms with Gasteiger partial charge in [-0.25, -0.2) is 9.97 Å². The Morgan fingerprint density at radius 3 is 2.59 bits per heavy atom. The van der Waals surface area contributed by atoms with Gasteiger partial charge in [0.25, 0.3) is 0 Å². The van der Waals surface area contributed by atoms with Crippen LogP contribution in [0.15, 0.2) is 0 Å². The van der Waals surface area contributed by atoms with Crippen LogP contribution in [0.25, 0.3) is 0 Å². The lowest BCUT2D eigenvalue weighted by atomic mass is 9.96. The fraction of sp³-hybridized carbons (Fsp3) is 0.706. The van der Waals surface area contributed by atoms with Crippen LogP contribution in [-0.2, 0) is 17.6 Å². The van der Waals surface area contributed by atoms with Crippen molar-refractivity contribution in [3.05, 3.63) is 17.1 Å². The van der Waals surface area contributed by atoms with Crippen molar-refractivity contribution >= 4 is 11.7 Å². The van der Waals surface area contributed by atoms with Gasteiger partial charge >= 0.3 is 0 Å². The third kappa shape index (κ3) is 2.94. The number of rotatable bonds is 2. The average Bonchev–Trinajstić information content (AvgIpc) is 2.79. The van der Waals surface area contributed by atoms with Crippen LogP contribution < -0.4 is 5.32 Å². The van der Waals surface area contributed by atoms with Crippen LogP contribution in [-0.4, -0.2) is 38.9 Å². The third-order valence-electron chi connectivity index (χ3n) is 4.57. The molecule has 5 heteroatoms. The number of carbonyl (C=O) groups is 1. The van der Waals surface area contributed by atoms with Gasteiger partial charge in [-0.3, -0.25) is 4.79 Å². The Hall–Kier alpha value is -1.65. The predicted molar refractivity (Wildman–Crippen MR) is 86.9 cm³/mol. The summed E-state index contributed by atoms with van der Waals surface area (Å²) in [6.45, 7) is 8.96. The third-order valence-corrected chi connectivity index (χ3v) is 4.57. The number of fused-ring (bicyclic) bond motifs is 1. The fourth-order valence-corrected chi connectivity index (χ4v) is 3.48. The molecule has 1 N–H and O–H groups in total. The van der Waals surface area contributed by atoms with E-state index in [1.165, 1.54) is 24.1 Å². The van der Waals surface area contributed by atoms with Gasteiger partial charge in [-0.1, -0.05) is 0 Å². The lowest BCUT2D eigenvalue weighted by Crippen LogP contribution is -2.43. The molecule has 3 rings (SSSR count). The van der Waals surface area contributed by atoms with Crippen molar-refractivity contribution in [2.75, 3.05) is 11.9 Å². The number of anilines is 1. The van der Waals surface area contributed by atoms with Gasteiger partial charge in [0, 0.05) is 29.8 Å². The molecule has 1 aromatic heterocycles. The molecule has 0 spiro atoms. The molecule has 0 saturated carbocycles. The zero-order valence-corrected chi connectivity index (χ0v) is 14.1. The number of aromatic nitrogens is 2. The van der Waals surface area contributed by atoms with Crippen molar-refractivity contribution in [2.45, 2.75) is 71.4 Å². The van der Waals surface area contributed by atoms with Gasteiger partial charge in [0.15, 0.2) is 0 Å². The number of hydrogen-bond donors (Lipinski definition) is 1. The van der Waals surface area contributed by atoms with Crippen LogP contribution in [0.1, 0.15) is 57.1 Å². The van der Waals surface area contributed by atoms with E-state index in [0.717, 1.165) is 31.0 Å². The molecule has 2 aliphatic rings. The Kier molecular flexibility index (Phi) is 3.83. The van der Waals surface area contributed by atoms with Crippen molar-refractivity contribution in [2.24, 2.45) is 0 Å². The first-order valence-corrected chi connectivity index (χ1v) is 8.28. The number of likely N-dealkylation sites (tertiary alicyclic amines) is 1. The number of aryl methyl sites for hydroxylation is 2. The monoisotopic (exact) mass is 302 g/mol. The summed E-state index contributed by atoms with van der Waals surface area (Å²) in [5.41, 5.74) is 2.34. The summed E-state index contributed by atoms with van der Waals surface area (Å²) in [6.07, 6.45) is 5.05. The van der Waals surface area contributed by atoms with Crippen LogP contribution in [0, 0.1) is 6.92 Å².